The highest BCUT2D eigenvalue weighted by Crippen LogP contribution is 2.28. The fourth-order valence-electron chi connectivity index (χ4n) is 2.00. The summed E-state index contributed by atoms with van der Waals surface area (Å²) in [5, 5.41) is 0. The van der Waals surface area contributed by atoms with Crippen molar-refractivity contribution in [2.75, 3.05) is 7.11 Å². The van der Waals surface area contributed by atoms with Crippen molar-refractivity contribution < 1.29 is 14.3 Å². The Morgan fingerprint density at radius 3 is 2.76 bits per heavy atom. The van der Waals surface area contributed by atoms with E-state index in [0.717, 1.165) is 23.1 Å². The van der Waals surface area contributed by atoms with Crippen LogP contribution < -0.4 is 4.74 Å². The molecule has 1 fully saturated rings. The van der Waals surface area contributed by atoms with E-state index in [1.54, 1.807) is 25.3 Å². The SMILES string of the molecule is COc1ccc(C(=O)C2CCC(C)O2)cc1Br. The molecular weight excluding hydrogens is 284 g/mol. The van der Waals surface area contributed by atoms with Crippen LogP contribution in [0.3, 0.4) is 0 Å². The molecule has 1 aromatic carbocycles. The zero-order valence-corrected chi connectivity index (χ0v) is 11.5. The number of ether oxygens (including phenoxy) is 2. The lowest BCUT2D eigenvalue weighted by atomic mass is 10.0. The summed E-state index contributed by atoms with van der Waals surface area (Å²) in [7, 11) is 1.60. The molecule has 0 radical (unpaired) electrons. The standard InChI is InChI=1S/C13H15BrO3/c1-8-3-5-12(17-8)13(15)9-4-6-11(16-2)10(14)7-9/h4,6-8,12H,3,5H2,1-2H3. The number of carbonyl (C=O) groups is 1. The van der Waals surface area contributed by atoms with Crippen molar-refractivity contribution >= 4 is 21.7 Å². The number of hydrogen-bond acceptors (Lipinski definition) is 3. The van der Waals surface area contributed by atoms with Crippen LogP contribution in [0.2, 0.25) is 0 Å². The first-order chi connectivity index (χ1) is 8.11. The van der Waals surface area contributed by atoms with Crippen LogP contribution in [0.25, 0.3) is 0 Å². The fraction of sp³-hybridized carbons (Fsp3) is 0.462. The van der Waals surface area contributed by atoms with Crippen LogP contribution in [0.4, 0.5) is 0 Å². The second-order valence-electron chi connectivity index (χ2n) is 4.23. The molecule has 0 N–H and O–H groups in total. The van der Waals surface area contributed by atoms with E-state index in [1.165, 1.54) is 0 Å². The van der Waals surface area contributed by atoms with Gasteiger partial charge in [-0.1, -0.05) is 0 Å². The van der Waals surface area contributed by atoms with Crippen molar-refractivity contribution in [1.29, 1.82) is 0 Å². The summed E-state index contributed by atoms with van der Waals surface area (Å²) >= 11 is 3.38. The zero-order chi connectivity index (χ0) is 12.4. The summed E-state index contributed by atoms with van der Waals surface area (Å²) in [6.07, 6.45) is 1.66. The van der Waals surface area contributed by atoms with Crippen LogP contribution in [-0.4, -0.2) is 25.1 Å². The van der Waals surface area contributed by atoms with Gasteiger partial charge in [-0.2, -0.15) is 0 Å². The topological polar surface area (TPSA) is 35.5 Å². The van der Waals surface area contributed by atoms with Crippen LogP contribution in [0, 0.1) is 0 Å². The van der Waals surface area contributed by atoms with E-state index in [-0.39, 0.29) is 18.0 Å². The summed E-state index contributed by atoms with van der Waals surface area (Å²) in [6.45, 7) is 2.00. The van der Waals surface area contributed by atoms with E-state index in [2.05, 4.69) is 15.9 Å². The number of rotatable bonds is 3. The normalized spacial score (nSPS) is 23.7. The molecule has 4 heteroatoms. The Morgan fingerprint density at radius 2 is 2.24 bits per heavy atom. The predicted molar refractivity (Wildman–Crippen MR) is 68.6 cm³/mol. The van der Waals surface area contributed by atoms with Crippen molar-refractivity contribution in [2.24, 2.45) is 0 Å². The van der Waals surface area contributed by atoms with E-state index in [4.69, 9.17) is 9.47 Å². The average Bonchev–Trinajstić information content (AvgIpc) is 2.75. The van der Waals surface area contributed by atoms with Crippen molar-refractivity contribution in [3.8, 4) is 5.75 Å². The molecule has 0 aromatic heterocycles. The van der Waals surface area contributed by atoms with Gasteiger partial charge in [0, 0.05) is 5.56 Å². The minimum absolute atomic E-state index is 0.0534. The Kier molecular flexibility index (Phi) is 3.84. The molecule has 2 rings (SSSR count). The van der Waals surface area contributed by atoms with Gasteiger partial charge >= 0.3 is 0 Å². The van der Waals surface area contributed by atoms with Gasteiger partial charge < -0.3 is 9.47 Å². The fourth-order valence-corrected chi connectivity index (χ4v) is 2.54. The molecule has 2 atom stereocenters. The Balaban J connectivity index is 2.17. The zero-order valence-electron chi connectivity index (χ0n) is 9.90. The third-order valence-corrected chi connectivity index (χ3v) is 3.58. The lowest BCUT2D eigenvalue weighted by molar-refractivity contribution is 0.0433. The summed E-state index contributed by atoms with van der Waals surface area (Å²) in [5.41, 5.74) is 0.664. The molecule has 1 saturated heterocycles. The molecule has 92 valence electrons. The molecule has 0 spiro atoms. The smallest absolute Gasteiger partial charge is 0.191 e. The maximum Gasteiger partial charge on any atom is 0.191 e. The molecule has 0 saturated carbocycles. The van der Waals surface area contributed by atoms with Crippen molar-refractivity contribution in [3.63, 3.8) is 0 Å². The molecule has 1 aliphatic heterocycles. The monoisotopic (exact) mass is 298 g/mol. The van der Waals surface area contributed by atoms with Crippen molar-refractivity contribution in [2.45, 2.75) is 32.0 Å². The highest BCUT2D eigenvalue weighted by Gasteiger charge is 2.29. The van der Waals surface area contributed by atoms with Gasteiger partial charge in [-0.15, -0.1) is 0 Å². The second kappa shape index (κ2) is 5.19. The van der Waals surface area contributed by atoms with Crippen LogP contribution in [-0.2, 0) is 4.74 Å². The summed E-state index contributed by atoms with van der Waals surface area (Å²) in [5.74, 6) is 0.778. The summed E-state index contributed by atoms with van der Waals surface area (Å²) < 4.78 is 11.5. The van der Waals surface area contributed by atoms with E-state index >= 15 is 0 Å². The van der Waals surface area contributed by atoms with E-state index in [0.29, 0.717) is 5.56 Å². The number of ketones is 1. The molecule has 3 nitrogen and oxygen atoms in total. The van der Waals surface area contributed by atoms with E-state index in [9.17, 15) is 4.79 Å². The Labute approximate surface area is 109 Å². The Morgan fingerprint density at radius 1 is 1.47 bits per heavy atom. The minimum atomic E-state index is -0.287. The molecule has 1 aromatic rings. The molecule has 2 unspecified atom stereocenters. The maximum atomic E-state index is 12.2. The molecule has 1 heterocycles. The second-order valence-corrected chi connectivity index (χ2v) is 5.08. The first-order valence-electron chi connectivity index (χ1n) is 5.65. The molecule has 0 aliphatic carbocycles. The predicted octanol–water partition coefficient (Wildman–Crippen LogP) is 3.21. The van der Waals surface area contributed by atoms with Gasteiger partial charge in [0.05, 0.1) is 17.7 Å². The molecule has 17 heavy (non-hydrogen) atoms. The van der Waals surface area contributed by atoms with Crippen LogP contribution in [0.5, 0.6) is 5.75 Å². The Bertz CT molecular complexity index is 431. The van der Waals surface area contributed by atoms with Crippen molar-refractivity contribution in [1.82, 2.24) is 0 Å². The average molecular weight is 299 g/mol. The number of halogens is 1. The van der Waals surface area contributed by atoms with Crippen LogP contribution in [0.15, 0.2) is 22.7 Å². The molecular formula is C13H15BrO3. The van der Waals surface area contributed by atoms with Gasteiger partial charge in [0.15, 0.2) is 5.78 Å². The first-order valence-corrected chi connectivity index (χ1v) is 6.44. The highest BCUT2D eigenvalue weighted by atomic mass is 79.9. The number of carbonyl (C=O) groups excluding carboxylic acids is 1. The summed E-state index contributed by atoms with van der Waals surface area (Å²) in [6, 6.07) is 5.35. The van der Waals surface area contributed by atoms with Gasteiger partial charge in [-0.05, 0) is 53.9 Å². The minimum Gasteiger partial charge on any atom is -0.496 e. The van der Waals surface area contributed by atoms with Gasteiger partial charge in [0.25, 0.3) is 0 Å². The Hall–Kier alpha value is -0.870. The quantitative estimate of drug-likeness (QED) is 0.804. The van der Waals surface area contributed by atoms with Gasteiger partial charge in [-0.3, -0.25) is 4.79 Å². The van der Waals surface area contributed by atoms with Crippen LogP contribution >= 0.6 is 15.9 Å². The lowest BCUT2D eigenvalue weighted by Crippen LogP contribution is -2.20. The van der Waals surface area contributed by atoms with Gasteiger partial charge in [0.2, 0.25) is 0 Å². The molecule has 0 bridgehead atoms. The third-order valence-electron chi connectivity index (χ3n) is 2.96. The van der Waals surface area contributed by atoms with Crippen molar-refractivity contribution in [3.05, 3.63) is 28.2 Å². The van der Waals surface area contributed by atoms with Gasteiger partial charge in [-0.25, -0.2) is 0 Å². The lowest BCUT2D eigenvalue weighted by Gasteiger charge is -2.11. The number of methoxy groups -OCH3 is 1. The largest absolute Gasteiger partial charge is 0.496 e. The third kappa shape index (κ3) is 2.69. The van der Waals surface area contributed by atoms with Gasteiger partial charge in [0.1, 0.15) is 11.9 Å². The first kappa shape index (κ1) is 12.6. The number of hydrogen-bond donors (Lipinski definition) is 0. The molecule has 0 amide bonds. The molecule has 1 aliphatic rings. The highest BCUT2D eigenvalue weighted by molar-refractivity contribution is 9.10. The number of Topliss-reactive ketones (excluding diaryl/α,β-unsaturated/α-hetero) is 1. The van der Waals surface area contributed by atoms with E-state index < -0.39 is 0 Å². The number of benzene rings is 1. The maximum absolute atomic E-state index is 12.2. The van der Waals surface area contributed by atoms with Crippen LogP contribution in [0.1, 0.15) is 30.1 Å². The van der Waals surface area contributed by atoms with E-state index in [1.807, 2.05) is 6.92 Å². The summed E-state index contributed by atoms with van der Waals surface area (Å²) in [4.78, 5) is 12.2.